The van der Waals surface area contributed by atoms with Crippen LogP contribution in [0.15, 0.2) is 28.7 Å². The molecule has 2 aliphatic heterocycles. The first-order valence-electron chi connectivity index (χ1n) is 10.2. The summed E-state index contributed by atoms with van der Waals surface area (Å²) in [4.78, 5) is 14.6. The first-order valence-corrected chi connectivity index (χ1v) is 11.0. The molecule has 29 heavy (non-hydrogen) atoms. The number of hydrogen-bond acceptors (Lipinski definition) is 5. The van der Waals surface area contributed by atoms with Crippen molar-refractivity contribution >= 4 is 21.9 Å². The van der Waals surface area contributed by atoms with Crippen LogP contribution >= 0.6 is 15.9 Å². The molecule has 2 aromatic rings. The molecular formula is C22H29BrN4O2. The van der Waals surface area contributed by atoms with Gasteiger partial charge in [0.2, 0.25) is 0 Å². The van der Waals surface area contributed by atoms with Crippen LogP contribution in [0.5, 0.6) is 0 Å². The highest BCUT2D eigenvalue weighted by Gasteiger charge is 2.45. The number of hydrogen-bond donors (Lipinski definition) is 1. The molecule has 1 atom stereocenters. The second kappa shape index (κ2) is 8.20. The molecule has 2 saturated heterocycles. The van der Waals surface area contributed by atoms with Crippen molar-refractivity contribution in [3.63, 3.8) is 0 Å². The molecule has 0 unspecified atom stereocenters. The highest BCUT2D eigenvalue weighted by atomic mass is 79.9. The SMILES string of the molecule is COC(=O)C[C@H](CN1CC2(CCNC2)C1)c1cc(Br)cc(-n2nc(C)cc2C)c1. The summed E-state index contributed by atoms with van der Waals surface area (Å²) in [6.45, 7) is 9.37. The number of ether oxygens (including phenoxy) is 1. The van der Waals surface area contributed by atoms with Crippen molar-refractivity contribution in [2.24, 2.45) is 5.41 Å². The second-order valence-corrected chi connectivity index (χ2v) is 9.57. The van der Waals surface area contributed by atoms with Crippen molar-refractivity contribution in [1.82, 2.24) is 20.0 Å². The minimum absolute atomic E-state index is 0.0855. The third-order valence-corrected chi connectivity index (χ3v) is 6.66. The molecule has 0 radical (unpaired) electrons. The number of methoxy groups -OCH3 is 1. The molecule has 0 saturated carbocycles. The molecule has 0 bridgehead atoms. The number of halogens is 1. The number of aryl methyl sites for hydroxylation is 2. The predicted molar refractivity (Wildman–Crippen MR) is 116 cm³/mol. The van der Waals surface area contributed by atoms with Gasteiger partial charge in [-0.25, -0.2) is 4.68 Å². The lowest BCUT2D eigenvalue weighted by Crippen LogP contribution is -2.58. The molecule has 0 amide bonds. The van der Waals surface area contributed by atoms with Crippen molar-refractivity contribution in [1.29, 1.82) is 0 Å². The molecule has 0 aliphatic carbocycles. The zero-order valence-corrected chi connectivity index (χ0v) is 19.0. The molecule has 4 rings (SSSR count). The Kier molecular flexibility index (Phi) is 5.82. The first kappa shape index (κ1) is 20.6. The molecule has 1 aromatic heterocycles. The normalized spacial score (nSPS) is 19.3. The van der Waals surface area contributed by atoms with Gasteiger partial charge in [-0.3, -0.25) is 4.79 Å². The number of carbonyl (C=O) groups is 1. The van der Waals surface area contributed by atoms with Crippen LogP contribution in [-0.2, 0) is 9.53 Å². The molecule has 7 heteroatoms. The minimum Gasteiger partial charge on any atom is -0.469 e. The zero-order valence-electron chi connectivity index (χ0n) is 17.4. The van der Waals surface area contributed by atoms with Gasteiger partial charge in [0, 0.05) is 47.7 Å². The van der Waals surface area contributed by atoms with E-state index in [1.165, 1.54) is 13.5 Å². The summed E-state index contributed by atoms with van der Waals surface area (Å²) in [6, 6.07) is 8.42. The molecule has 2 fully saturated rings. The molecule has 3 heterocycles. The largest absolute Gasteiger partial charge is 0.469 e. The maximum atomic E-state index is 12.2. The van der Waals surface area contributed by atoms with Gasteiger partial charge < -0.3 is 15.0 Å². The monoisotopic (exact) mass is 460 g/mol. The van der Waals surface area contributed by atoms with E-state index in [1.807, 2.05) is 11.6 Å². The molecule has 1 spiro atoms. The average molecular weight is 461 g/mol. The maximum Gasteiger partial charge on any atom is 0.306 e. The summed E-state index contributed by atoms with van der Waals surface area (Å²) < 4.78 is 7.95. The molecular weight excluding hydrogens is 432 g/mol. The van der Waals surface area contributed by atoms with Gasteiger partial charge in [0.15, 0.2) is 0 Å². The van der Waals surface area contributed by atoms with Gasteiger partial charge in [0.25, 0.3) is 0 Å². The van der Waals surface area contributed by atoms with Gasteiger partial charge in [-0.15, -0.1) is 0 Å². The smallest absolute Gasteiger partial charge is 0.306 e. The van der Waals surface area contributed by atoms with Crippen molar-refractivity contribution in [2.45, 2.75) is 32.6 Å². The van der Waals surface area contributed by atoms with Crippen LogP contribution in [0.1, 0.15) is 35.7 Å². The number of aromatic nitrogens is 2. The van der Waals surface area contributed by atoms with Gasteiger partial charge in [0.1, 0.15) is 0 Å². The van der Waals surface area contributed by atoms with Crippen LogP contribution in [0.3, 0.4) is 0 Å². The van der Waals surface area contributed by atoms with Crippen LogP contribution in [0.25, 0.3) is 5.69 Å². The lowest BCUT2D eigenvalue weighted by atomic mass is 9.78. The van der Waals surface area contributed by atoms with Crippen LogP contribution in [0.2, 0.25) is 0 Å². The Labute approximate surface area is 180 Å². The van der Waals surface area contributed by atoms with E-state index in [2.05, 4.69) is 62.4 Å². The number of carbonyl (C=O) groups excluding carboxylic acids is 1. The summed E-state index contributed by atoms with van der Waals surface area (Å²) in [6.07, 6.45) is 1.63. The van der Waals surface area contributed by atoms with Gasteiger partial charge >= 0.3 is 5.97 Å². The zero-order chi connectivity index (χ0) is 20.6. The topological polar surface area (TPSA) is 59.4 Å². The Balaban J connectivity index is 1.58. The quantitative estimate of drug-likeness (QED) is 0.670. The van der Waals surface area contributed by atoms with E-state index in [1.54, 1.807) is 0 Å². The Bertz CT molecular complexity index is 896. The maximum absolute atomic E-state index is 12.2. The van der Waals surface area contributed by atoms with Crippen molar-refractivity contribution in [3.05, 3.63) is 45.7 Å². The Morgan fingerprint density at radius 1 is 1.31 bits per heavy atom. The summed E-state index contributed by atoms with van der Waals surface area (Å²) >= 11 is 3.66. The summed E-state index contributed by atoms with van der Waals surface area (Å²) in [5, 5.41) is 8.11. The first-order chi connectivity index (χ1) is 13.9. The van der Waals surface area contributed by atoms with E-state index in [9.17, 15) is 4.79 Å². The predicted octanol–water partition coefficient (Wildman–Crippen LogP) is 3.19. The lowest BCUT2D eigenvalue weighted by Gasteiger charge is -2.49. The fraction of sp³-hybridized carbons (Fsp3) is 0.545. The third-order valence-electron chi connectivity index (χ3n) is 6.20. The van der Waals surface area contributed by atoms with E-state index >= 15 is 0 Å². The van der Waals surface area contributed by atoms with Gasteiger partial charge in [-0.05, 0) is 56.6 Å². The Morgan fingerprint density at radius 3 is 2.72 bits per heavy atom. The van der Waals surface area contributed by atoms with E-state index < -0.39 is 0 Å². The molecule has 6 nitrogen and oxygen atoms in total. The number of benzene rings is 1. The summed E-state index contributed by atoms with van der Waals surface area (Å²) in [5.74, 6) is -0.0808. The van der Waals surface area contributed by atoms with E-state index in [-0.39, 0.29) is 11.9 Å². The lowest BCUT2D eigenvalue weighted by molar-refractivity contribution is -0.141. The molecule has 156 valence electrons. The van der Waals surface area contributed by atoms with Crippen LogP contribution in [-0.4, -0.2) is 60.5 Å². The van der Waals surface area contributed by atoms with E-state index in [0.717, 1.165) is 59.8 Å². The fourth-order valence-corrected chi connectivity index (χ4v) is 5.32. The number of nitrogens with zero attached hydrogens (tertiary/aromatic N) is 3. The highest BCUT2D eigenvalue weighted by Crippen LogP contribution is 2.38. The van der Waals surface area contributed by atoms with Crippen molar-refractivity contribution < 1.29 is 9.53 Å². The van der Waals surface area contributed by atoms with Crippen LogP contribution in [0.4, 0.5) is 0 Å². The van der Waals surface area contributed by atoms with E-state index in [0.29, 0.717) is 11.8 Å². The van der Waals surface area contributed by atoms with Crippen LogP contribution < -0.4 is 5.32 Å². The molecule has 1 N–H and O–H groups in total. The minimum atomic E-state index is -0.166. The van der Waals surface area contributed by atoms with E-state index in [4.69, 9.17) is 4.74 Å². The third kappa shape index (κ3) is 4.42. The standard InChI is InChI=1S/C22H29BrN4O2/c1-15-6-16(2)27(25-15)20-8-17(7-19(23)10-20)18(9-21(28)29-3)11-26-13-22(14-26)4-5-24-12-22/h6-8,10,18,24H,4-5,9,11-14H2,1-3H3/t18-/m1/s1. The molecule has 1 aromatic carbocycles. The van der Waals surface area contributed by atoms with Crippen molar-refractivity contribution in [2.75, 3.05) is 39.8 Å². The average Bonchev–Trinajstić information content (AvgIpc) is 3.26. The number of nitrogens with one attached hydrogen (secondary N) is 1. The number of likely N-dealkylation sites (tertiary alicyclic amines) is 1. The summed E-state index contributed by atoms with van der Waals surface area (Å²) in [5.41, 5.74) is 4.68. The summed E-state index contributed by atoms with van der Waals surface area (Å²) in [7, 11) is 1.46. The second-order valence-electron chi connectivity index (χ2n) is 8.66. The van der Waals surface area contributed by atoms with Crippen molar-refractivity contribution in [3.8, 4) is 5.69 Å². The van der Waals surface area contributed by atoms with Gasteiger partial charge in [-0.1, -0.05) is 15.9 Å². The highest BCUT2D eigenvalue weighted by molar-refractivity contribution is 9.10. The fourth-order valence-electron chi connectivity index (χ4n) is 4.83. The van der Waals surface area contributed by atoms with Crippen LogP contribution in [0, 0.1) is 19.3 Å². The number of rotatable bonds is 6. The van der Waals surface area contributed by atoms with Gasteiger partial charge in [0.05, 0.1) is 24.9 Å². The Hall–Kier alpha value is -1.70. The Morgan fingerprint density at radius 2 is 2.10 bits per heavy atom. The number of esters is 1. The molecule has 2 aliphatic rings. The van der Waals surface area contributed by atoms with Gasteiger partial charge in [-0.2, -0.15) is 5.10 Å².